The van der Waals surface area contributed by atoms with Crippen molar-refractivity contribution in [3.63, 3.8) is 0 Å². The summed E-state index contributed by atoms with van der Waals surface area (Å²) < 4.78 is 0. The van der Waals surface area contributed by atoms with Gasteiger partial charge in [-0.05, 0) is 23.6 Å². The van der Waals surface area contributed by atoms with Crippen LogP contribution >= 0.6 is 0 Å². The molecule has 2 N–H and O–H groups in total. The molecule has 0 amide bonds. The molecule has 2 aromatic heterocycles. The molecule has 0 bridgehead atoms. The lowest BCUT2D eigenvalue weighted by Gasteiger charge is -2.06. The number of nitrogen functional groups attached to an aromatic ring is 1. The van der Waals surface area contributed by atoms with E-state index in [4.69, 9.17) is 5.73 Å². The highest BCUT2D eigenvalue weighted by atomic mass is 16.1. The lowest BCUT2D eigenvalue weighted by Crippen LogP contribution is -2.08. The Hall–Kier alpha value is -2.75. The molecular weight excluding hydrogens is 238 g/mol. The largest absolute Gasteiger partial charge is 0.397 e. The van der Waals surface area contributed by atoms with Gasteiger partial charge in [-0.1, -0.05) is 18.2 Å². The molecule has 3 aromatic rings. The number of pyridine rings is 2. The molecule has 0 aliphatic heterocycles. The first-order chi connectivity index (χ1) is 9.27. The molecule has 0 aliphatic rings. The van der Waals surface area contributed by atoms with Crippen molar-refractivity contribution in [2.45, 2.75) is 0 Å². The van der Waals surface area contributed by atoms with Crippen LogP contribution < -0.4 is 5.73 Å². The molecule has 0 spiro atoms. The topological polar surface area (TPSA) is 68.9 Å². The van der Waals surface area contributed by atoms with Crippen LogP contribution in [0.25, 0.3) is 10.8 Å². The highest BCUT2D eigenvalue weighted by Gasteiger charge is 2.15. The van der Waals surface area contributed by atoms with E-state index in [0.717, 1.165) is 10.8 Å². The number of nitrogens with two attached hydrogens (primary N) is 1. The molecule has 0 fully saturated rings. The minimum atomic E-state index is -0.171. The molecule has 4 nitrogen and oxygen atoms in total. The summed E-state index contributed by atoms with van der Waals surface area (Å²) in [5, 5.41) is 1.77. The van der Waals surface area contributed by atoms with Gasteiger partial charge in [0.2, 0.25) is 5.78 Å². The van der Waals surface area contributed by atoms with Gasteiger partial charge in [-0.2, -0.15) is 0 Å². The lowest BCUT2D eigenvalue weighted by atomic mass is 10.0. The molecule has 0 atom stereocenters. The van der Waals surface area contributed by atoms with Crippen molar-refractivity contribution in [1.82, 2.24) is 9.97 Å². The second-order valence-corrected chi connectivity index (χ2v) is 4.17. The monoisotopic (exact) mass is 249 g/mol. The van der Waals surface area contributed by atoms with Crippen LogP contribution in [0.1, 0.15) is 16.1 Å². The number of rotatable bonds is 2. The van der Waals surface area contributed by atoms with Crippen molar-refractivity contribution in [2.24, 2.45) is 0 Å². The zero-order valence-electron chi connectivity index (χ0n) is 10.1. The Labute approximate surface area is 109 Å². The standard InChI is InChI=1S/C15H11N3O/c16-13-5-2-7-18-14(13)15(19)12-4-1-3-10-9-17-8-6-11(10)12/h1-9H,16H2. The van der Waals surface area contributed by atoms with Crippen molar-refractivity contribution in [3.8, 4) is 0 Å². The van der Waals surface area contributed by atoms with Crippen LogP contribution in [0.5, 0.6) is 0 Å². The van der Waals surface area contributed by atoms with Gasteiger partial charge in [0.25, 0.3) is 0 Å². The van der Waals surface area contributed by atoms with Crippen LogP contribution in [0, 0.1) is 0 Å². The number of ketones is 1. The first kappa shape index (κ1) is 11.3. The Kier molecular flexibility index (Phi) is 2.68. The number of hydrogen-bond acceptors (Lipinski definition) is 4. The van der Waals surface area contributed by atoms with Crippen LogP contribution in [-0.2, 0) is 0 Å². The second kappa shape index (κ2) is 4.49. The summed E-state index contributed by atoms with van der Waals surface area (Å²) >= 11 is 0. The van der Waals surface area contributed by atoms with Crippen LogP contribution in [0.2, 0.25) is 0 Å². The van der Waals surface area contributed by atoms with Gasteiger partial charge < -0.3 is 5.73 Å². The molecule has 19 heavy (non-hydrogen) atoms. The first-order valence-corrected chi connectivity index (χ1v) is 5.85. The predicted octanol–water partition coefficient (Wildman–Crippen LogP) is 2.44. The van der Waals surface area contributed by atoms with E-state index >= 15 is 0 Å². The number of nitrogens with zero attached hydrogens (tertiary/aromatic N) is 2. The predicted molar refractivity (Wildman–Crippen MR) is 73.8 cm³/mol. The van der Waals surface area contributed by atoms with Crippen LogP contribution in [0.15, 0.2) is 55.0 Å². The Balaban J connectivity index is 2.20. The normalized spacial score (nSPS) is 10.5. The van der Waals surface area contributed by atoms with E-state index < -0.39 is 0 Å². The molecule has 2 heterocycles. The maximum Gasteiger partial charge on any atom is 0.214 e. The van der Waals surface area contributed by atoms with Gasteiger partial charge in [-0.25, -0.2) is 0 Å². The maximum atomic E-state index is 12.5. The molecule has 0 aliphatic carbocycles. The second-order valence-electron chi connectivity index (χ2n) is 4.17. The van der Waals surface area contributed by atoms with Crippen LogP contribution in [0.4, 0.5) is 5.69 Å². The minimum absolute atomic E-state index is 0.171. The lowest BCUT2D eigenvalue weighted by molar-refractivity contribution is 0.103. The summed E-state index contributed by atoms with van der Waals surface area (Å²) in [5.74, 6) is -0.171. The maximum absolute atomic E-state index is 12.5. The molecule has 1 aromatic carbocycles. The summed E-state index contributed by atoms with van der Waals surface area (Å²) in [5.41, 5.74) is 7.07. The average Bonchev–Trinajstić information content (AvgIpc) is 2.46. The summed E-state index contributed by atoms with van der Waals surface area (Å²) in [6.07, 6.45) is 4.96. The Morgan fingerprint density at radius 2 is 1.95 bits per heavy atom. The molecule has 0 saturated heterocycles. The van der Waals surface area contributed by atoms with E-state index in [2.05, 4.69) is 9.97 Å². The number of aromatic nitrogens is 2. The third-order valence-electron chi connectivity index (χ3n) is 2.98. The minimum Gasteiger partial charge on any atom is -0.397 e. The molecule has 0 unspecified atom stereocenters. The quantitative estimate of drug-likeness (QED) is 0.708. The van der Waals surface area contributed by atoms with Gasteiger partial charge >= 0.3 is 0 Å². The number of benzene rings is 1. The molecule has 92 valence electrons. The zero-order valence-corrected chi connectivity index (χ0v) is 10.1. The fourth-order valence-electron chi connectivity index (χ4n) is 2.06. The average molecular weight is 249 g/mol. The fraction of sp³-hybridized carbons (Fsp3) is 0. The van der Waals surface area contributed by atoms with E-state index in [0.29, 0.717) is 11.3 Å². The highest BCUT2D eigenvalue weighted by molar-refractivity contribution is 6.17. The van der Waals surface area contributed by atoms with Gasteiger partial charge in [-0.15, -0.1) is 0 Å². The third kappa shape index (κ3) is 1.93. The Bertz CT molecular complexity index is 763. The summed E-state index contributed by atoms with van der Waals surface area (Å²) in [7, 11) is 0. The van der Waals surface area contributed by atoms with E-state index in [1.165, 1.54) is 0 Å². The van der Waals surface area contributed by atoms with Crippen molar-refractivity contribution in [1.29, 1.82) is 0 Å². The number of carbonyl (C=O) groups excluding carboxylic acids is 1. The Morgan fingerprint density at radius 3 is 2.79 bits per heavy atom. The fourth-order valence-corrected chi connectivity index (χ4v) is 2.06. The van der Waals surface area contributed by atoms with Gasteiger partial charge in [0.05, 0.1) is 5.69 Å². The van der Waals surface area contributed by atoms with E-state index in [9.17, 15) is 4.79 Å². The molecular formula is C15H11N3O. The van der Waals surface area contributed by atoms with Gasteiger partial charge in [0.15, 0.2) is 0 Å². The molecule has 0 radical (unpaired) electrons. The summed E-state index contributed by atoms with van der Waals surface area (Å²) in [4.78, 5) is 20.6. The van der Waals surface area contributed by atoms with Crippen LogP contribution in [-0.4, -0.2) is 15.8 Å². The zero-order chi connectivity index (χ0) is 13.2. The van der Waals surface area contributed by atoms with E-state index in [-0.39, 0.29) is 11.5 Å². The molecule has 0 saturated carbocycles. The number of fused-ring (bicyclic) bond motifs is 1. The Morgan fingerprint density at radius 1 is 1.05 bits per heavy atom. The van der Waals surface area contributed by atoms with Gasteiger partial charge in [0.1, 0.15) is 5.69 Å². The van der Waals surface area contributed by atoms with Crippen molar-refractivity contribution in [2.75, 3.05) is 5.73 Å². The van der Waals surface area contributed by atoms with Crippen molar-refractivity contribution >= 4 is 22.2 Å². The smallest absolute Gasteiger partial charge is 0.214 e. The van der Waals surface area contributed by atoms with Crippen molar-refractivity contribution < 1.29 is 4.79 Å². The number of hydrogen-bond donors (Lipinski definition) is 1. The van der Waals surface area contributed by atoms with Gasteiger partial charge in [0, 0.05) is 29.5 Å². The number of anilines is 1. The van der Waals surface area contributed by atoms with Crippen molar-refractivity contribution in [3.05, 3.63) is 66.2 Å². The SMILES string of the molecule is Nc1cccnc1C(=O)c1cccc2cnccc12. The van der Waals surface area contributed by atoms with E-state index in [1.54, 1.807) is 36.8 Å². The molecule has 4 heteroatoms. The summed E-state index contributed by atoms with van der Waals surface area (Å²) in [6.45, 7) is 0. The van der Waals surface area contributed by atoms with Gasteiger partial charge in [-0.3, -0.25) is 14.8 Å². The molecule has 3 rings (SSSR count). The highest BCUT2D eigenvalue weighted by Crippen LogP contribution is 2.21. The van der Waals surface area contributed by atoms with Crippen LogP contribution in [0.3, 0.4) is 0 Å². The number of carbonyl (C=O) groups is 1. The third-order valence-corrected chi connectivity index (χ3v) is 2.98. The summed E-state index contributed by atoms with van der Waals surface area (Å²) in [6, 6.07) is 10.7. The van der Waals surface area contributed by atoms with E-state index in [1.807, 2.05) is 18.2 Å². The first-order valence-electron chi connectivity index (χ1n) is 5.85.